The lowest BCUT2D eigenvalue weighted by molar-refractivity contribution is 0.0774. The summed E-state index contributed by atoms with van der Waals surface area (Å²) in [6.07, 6.45) is 0. The summed E-state index contributed by atoms with van der Waals surface area (Å²) in [6.45, 7) is 0.904. The lowest BCUT2D eigenvalue weighted by atomic mass is 10.2. The first-order chi connectivity index (χ1) is 10.1. The van der Waals surface area contributed by atoms with E-state index in [1.54, 1.807) is 30.1 Å². The van der Waals surface area contributed by atoms with E-state index in [1.807, 2.05) is 30.3 Å². The lowest BCUT2D eigenvalue weighted by Gasteiger charge is -2.17. The van der Waals surface area contributed by atoms with Crippen LogP contribution in [0.2, 0.25) is 10.0 Å². The van der Waals surface area contributed by atoms with Gasteiger partial charge in [0.1, 0.15) is 12.4 Å². The largest absolute Gasteiger partial charge is 0.492 e. The van der Waals surface area contributed by atoms with Gasteiger partial charge < -0.3 is 9.64 Å². The van der Waals surface area contributed by atoms with Crippen LogP contribution >= 0.6 is 23.2 Å². The van der Waals surface area contributed by atoms with Crippen molar-refractivity contribution in [1.82, 2.24) is 4.90 Å². The summed E-state index contributed by atoms with van der Waals surface area (Å²) in [4.78, 5) is 13.8. The quantitative estimate of drug-likeness (QED) is 0.827. The van der Waals surface area contributed by atoms with Crippen LogP contribution in [0.3, 0.4) is 0 Å². The number of para-hydroxylation sites is 1. The Labute approximate surface area is 134 Å². The molecule has 3 nitrogen and oxygen atoms in total. The molecule has 0 aromatic heterocycles. The monoisotopic (exact) mass is 323 g/mol. The van der Waals surface area contributed by atoms with Crippen LogP contribution in [-0.4, -0.2) is 31.0 Å². The number of hydrogen-bond acceptors (Lipinski definition) is 2. The molecule has 0 heterocycles. The van der Waals surface area contributed by atoms with Crippen LogP contribution in [0.4, 0.5) is 0 Å². The molecule has 2 aromatic rings. The maximum atomic E-state index is 12.2. The van der Waals surface area contributed by atoms with Crippen LogP contribution in [0.15, 0.2) is 48.5 Å². The smallest absolute Gasteiger partial charge is 0.253 e. The van der Waals surface area contributed by atoms with Crippen molar-refractivity contribution in [2.75, 3.05) is 20.2 Å². The first kappa shape index (κ1) is 15.7. The minimum atomic E-state index is -0.120. The molecule has 0 bridgehead atoms. The Bertz CT molecular complexity index is 617. The third-order valence-corrected chi connectivity index (χ3v) is 3.69. The highest BCUT2D eigenvalue weighted by molar-refractivity contribution is 6.42. The maximum absolute atomic E-state index is 12.2. The molecule has 0 fully saturated rings. The van der Waals surface area contributed by atoms with Gasteiger partial charge in [-0.2, -0.15) is 0 Å². The molecule has 0 radical (unpaired) electrons. The Hall–Kier alpha value is -1.71. The molecule has 110 valence electrons. The van der Waals surface area contributed by atoms with Gasteiger partial charge in [-0.15, -0.1) is 0 Å². The summed E-state index contributed by atoms with van der Waals surface area (Å²) in [7, 11) is 1.72. The van der Waals surface area contributed by atoms with Crippen LogP contribution in [-0.2, 0) is 0 Å². The fraction of sp³-hybridized carbons (Fsp3) is 0.188. The predicted octanol–water partition coefficient (Wildman–Crippen LogP) is 4.14. The Balaban J connectivity index is 1.89. The molecule has 1 amide bonds. The first-order valence-electron chi connectivity index (χ1n) is 6.46. The molecule has 0 unspecified atom stereocenters. The van der Waals surface area contributed by atoms with Gasteiger partial charge in [0.25, 0.3) is 5.91 Å². The highest BCUT2D eigenvalue weighted by atomic mass is 35.5. The van der Waals surface area contributed by atoms with E-state index in [2.05, 4.69) is 0 Å². The normalized spacial score (nSPS) is 10.2. The van der Waals surface area contributed by atoms with Gasteiger partial charge in [0.2, 0.25) is 0 Å². The molecule has 0 saturated carbocycles. The predicted molar refractivity (Wildman–Crippen MR) is 85.4 cm³/mol. The van der Waals surface area contributed by atoms with Gasteiger partial charge in [0, 0.05) is 12.6 Å². The van der Waals surface area contributed by atoms with E-state index in [-0.39, 0.29) is 5.91 Å². The second kappa shape index (κ2) is 7.34. The Kier molecular flexibility index (Phi) is 5.48. The minimum Gasteiger partial charge on any atom is -0.492 e. The number of ether oxygens (including phenoxy) is 1. The van der Waals surface area contributed by atoms with Crippen molar-refractivity contribution in [1.29, 1.82) is 0 Å². The van der Waals surface area contributed by atoms with Gasteiger partial charge in [-0.25, -0.2) is 0 Å². The molecule has 0 N–H and O–H groups in total. The van der Waals surface area contributed by atoms with Crippen LogP contribution in [0.25, 0.3) is 0 Å². The van der Waals surface area contributed by atoms with Crippen molar-refractivity contribution >= 4 is 29.1 Å². The summed E-state index contributed by atoms with van der Waals surface area (Å²) in [5.41, 5.74) is 0.506. The van der Waals surface area contributed by atoms with Gasteiger partial charge in [0.05, 0.1) is 16.6 Å². The second-order valence-electron chi connectivity index (χ2n) is 4.52. The zero-order valence-corrected chi connectivity index (χ0v) is 13.1. The van der Waals surface area contributed by atoms with Crippen molar-refractivity contribution < 1.29 is 9.53 Å². The summed E-state index contributed by atoms with van der Waals surface area (Å²) >= 11 is 11.8. The maximum Gasteiger partial charge on any atom is 0.253 e. The Morgan fingerprint density at radius 1 is 1.10 bits per heavy atom. The van der Waals surface area contributed by atoms with Gasteiger partial charge in [-0.1, -0.05) is 41.4 Å². The molecule has 2 aromatic carbocycles. The third kappa shape index (κ3) is 4.38. The van der Waals surface area contributed by atoms with E-state index < -0.39 is 0 Å². The fourth-order valence-corrected chi connectivity index (χ4v) is 2.07. The Morgan fingerprint density at radius 3 is 2.48 bits per heavy atom. The first-order valence-corrected chi connectivity index (χ1v) is 7.22. The lowest BCUT2D eigenvalue weighted by Crippen LogP contribution is -2.30. The van der Waals surface area contributed by atoms with Gasteiger partial charge in [0.15, 0.2) is 0 Å². The average Bonchev–Trinajstić information content (AvgIpc) is 2.50. The second-order valence-corrected chi connectivity index (χ2v) is 5.33. The topological polar surface area (TPSA) is 29.5 Å². The van der Waals surface area contributed by atoms with Crippen molar-refractivity contribution in [2.45, 2.75) is 0 Å². The highest BCUT2D eigenvalue weighted by Crippen LogP contribution is 2.23. The number of likely N-dealkylation sites (N-methyl/N-ethyl adjacent to an activating group) is 1. The summed E-state index contributed by atoms with van der Waals surface area (Å²) < 4.78 is 5.56. The zero-order chi connectivity index (χ0) is 15.2. The SMILES string of the molecule is CN(CCOc1ccccc1)C(=O)c1ccc(Cl)c(Cl)c1. The van der Waals surface area contributed by atoms with Crippen molar-refractivity contribution in [2.24, 2.45) is 0 Å². The molecule has 0 aliphatic carbocycles. The van der Waals surface area contributed by atoms with E-state index in [4.69, 9.17) is 27.9 Å². The van der Waals surface area contributed by atoms with E-state index in [0.717, 1.165) is 5.75 Å². The summed E-state index contributed by atoms with van der Waals surface area (Å²) in [5, 5.41) is 0.805. The van der Waals surface area contributed by atoms with Crippen LogP contribution in [0, 0.1) is 0 Å². The summed E-state index contributed by atoms with van der Waals surface area (Å²) in [6, 6.07) is 14.3. The molecule has 5 heteroatoms. The van der Waals surface area contributed by atoms with Crippen molar-refractivity contribution in [3.8, 4) is 5.75 Å². The molecule has 0 saturated heterocycles. The van der Waals surface area contributed by atoms with E-state index in [9.17, 15) is 4.79 Å². The van der Waals surface area contributed by atoms with Gasteiger partial charge in [-0.05, 0) is 30.3 Å². The number of amides is 1. The number of benzene rings is 2. The number of carbonyl (C=O) groups is 1. The molecule has 0 aliphatic heterocycles. The molecule has 21 heavy (non-hydrogen) atoms. The van der Waals surface area contributed by atoms with Crippen molar-refractivity contribution in [3.05, 3.63) is 64.1 Å². The standard InChI is InChI=1S/C16H15Cl2NO2/c1-19(9-10-21-13-5-3-2-4-6-13)16(20)12-7-8-14(17)15(18)11-12/h2-8,11H,9-10H2,1H3. The van der Waals surface area contributed by atoms with Gasteiger partial charge >= 0.3 is 0 Å². The average molecular weight is 324 g/mol. The zero-order valence-electron chi connectivity index (χ0n) is 11.6. The number of nitrogens with zero attached hydrogens (tertiary/aromatic N) is 1. The van der Waals surface area contributed by atoms with E-state index in [1.165, 1.54) is 0 Å². The van der Waals surface area contributed by atoms with Crippen LogP contribution in [0.1, 0.15) is 10.4 Å². The Morgan fingerprint density at radius 2 is 1.81 bits per heavy atom. The molecular formula is C16H15Cl2NO2. The van der Waals surface area contributed by atoms with E-state index >= 15 is 0 Å². The third-order valence-electron chi connectivity index (χ3n) is 2.95. The highest BCUT2D eigenvalue weighted by Gasteiger charge is 2.13. The number of halogens is 2. The minimum absolute atomic E-state index is 0.120. The molecule has 0 aliphatic rings. The molecule has 0 atom stereocenters. The molecule has 2 rings (SSSR count). The number of rotatable bonds is 5. The van der Waals surface area contributed by atoms with Crippen LogP contribution in [0.5, 0.6) is 5.75 Å². The molecule has 0 spiro atoms. The molecular weight excluding hydrogens is 309 g/mol. The van der Waals surface area contributed by atoms with Crippen molar-refractivity contribution in [3.63, 3.8) is 0 Å². The number of carbonyl (C=O) groups excluding carboxylic acids is 1. The van der Waals surface area contributed by atoms with Gasteiger partial charge in [-0.3, -0.25) is 4.79 Å². The van der Waals surface area contributed by atoms with Crippen LogP contribution < -0.4 is 4.74 Å². The van der Waals surface area contributed by atoms with E-state index in [0.29, 0.717) is 28.8 Å². The number of hydrogen-bond donors (Lipinski definition) is 0. The fourth-order valence-electron chi connectivity index (χ4n) is 1.77. The summed E-state index contributed by atoms with van der Waals surface area (Å²) in [5.74, 6) is 0.665.